The van der Waals surface area contributed by atoms with Crippen molar-refractivity contribution in [2.45, 2.75) is 38.5 Å². The van der Waals surface area contributed by atoms with Gasteiger partial charge in [0.1, 0.15) is 11.5 Å². The smallest absolute Gasteiger partial charge is 0.122 e. The quantitative estimate of drug-likeness (QED) is 0.547. The Morgan fingerprint density at radius 1 is 1.19 bits per heavy atom. The van der Waals surface area contributed by atoms with Crippen molar-refractivity contribution in [3.8, 4) is 11.5 Å². The fourth-order valence-electron chi connectivity index (χ4n) is 3.88. The minimum Gasteiger partial charge on any atom is -0.497 e. The highest BCUT2D eigenvalue weighted by Crippen LogP contribution is 2.35. The molecule has 0 saturated carbocycles. The molecule has 1 fully saturated rings. The number of hydrogen-bond donors (Lipinski definition) is 0. The molecule has 0 N–H and O–H groups in total. The van der Waals surface area contributed by atoms with Crippen LogP contribution in [0.1, 0.15) is 44.1 Å². The van der Waals surface area contributed by atoms with Crippen LogP contribution >= 0.6 is 11.3 Å². The van der Waals surface area contributed by atoms with Gasteiger partial charge < -0.3 is 14.4 Å². The summed E-state index contributed by atoms with van der Waals surface area (Å²) >= 11 is 1.80. The van der Waals surface area contributed by atoms with E-state index in [2.05, 4.69) is 28.7 Å². The summed E-state index contributed by atoms with van der Waals surface area (Å²) in [6.45, 7) is 6.60. The molecule has 0 spiro atoms. The van der Waals surface area contributed by atoms with Crippen molar-refractivity contribution >= 4 is 11.3 Å². The molecule has 4 heteroatoms. The zero-order valence-corrected chi connectivity index (χ0v) is 16.8. The van der Waals surface area contributed by atoms with Crippen LogP contribution in [0, 0.1) is 5.92 Å². The van der Waals surface area contributed by atoms with Crippen LogP contribution in [0.25, 0.3) is 0 Å². The van der Waals surface area contributed by atoms with E-state index in [1.54, 1.807) is 18.4 Å². The largest absolute Gasteiger partial charge is 0.497 e. The Labute approximate surface area is 161 Å². The van der Waals surface area contributed by atoms with Crippen LogP contribution in [-0.4, -0.2) is 38.3 Å². The van der Waals surface area contributed by atoms with Gasteiger partial charge in [0.15, 0.2) is 0 Å². The summed E-state index contributed by atoms with van der Waals surface area (Å²) < 4.78 is 11.5. The van der Waals surface area contributed by atoms with Crippen molar-refractivity contribution in [1.82, 2.24) is 4.90 Å². The molecule has 1 saturated heterocycles. The summed E-state index contributed by atoms with van der Waals surface area (Å²) in [6.07, 6.45) is 5.15. The van der Waals surface area contributed by atoms with Crippen molar-refractivity contribution in [2.75, 3.05) is 33.4 Å². The maximum atomic E-state index is 6.19. The third-order valence-corrected chi connectivity index (χ3v) is 6.07. The molecule has 3 nitrogen and oxygen atoms in total. The number of nitrogens with zero attached hydrogens (tertiary/aromatic N) is 1. The van der Waals surface area contributed by atoms with E-state index in [4.69, 9.17) is 9.47 Å². The maximum Gasteiger partial charge on any atom is 0.122 e. The van der Waals surface area contributed by atoms with Crippen LogP contribution in [0.4, 0.5) is 0 Å². The van der Waals surface area contributed by atoms with E-state index < -0.39 is 0 Å². The summed E-state index contributed by atoms with van der Waals surface area (Å²) in [4.78, 5) is 2.64. The van der Waals surface area contributed by atoms with Gasteiger partial charge in [-0.15, -0.1) is 0 Å². The van der Waals surface area contributed by atoms with Gasteiger partial charge in [0, 0.05) is 18.5 Å². The van der Waals surface area contributed by atoms with Crippen molar-refractivity contribution in [2.24, 2.45) is 5.92 Å². The third-order valence-electron chi connectivity index (χ3n) is 5.37. The number of likely N-dealkylation sites (tertiary alicyclic amines) is 1. The van der Waals surface area contributed by atoms with E-state index in [0.29, 0.717) is 11.8 Å². The molecule has 2 unspecified atom stereocenters. The number of rotatable bonds is 9. The molecule has 1 aromatic heterocycles. The lowest BCUT2D eigenvalue weighted by molar-refractivity contribution is 0.110. The van der Waals surface area contributed by atoms with Crippen LogP contribution in [0.2, 0.25) is 0 Å². The van der Waals surface area contributed by atoms with Crippen LogP contribution in [0.3, 0.4) is 0 Å². The normalized spacial score (nSPS) is 20.8. The third kappa shape index (κ3) is 5.24. The lowest BCUT2D eigenvalue weighted by atomic mass is 9.82. The Kier molecular flexibility index (Phi) is 7.39. The molecule has 2 heterocycles. The molecule has 0 bridgehead atoms. The lowest BCUT2D eigenvalue weighted by Crippen LogP contribution is -2.42. The Morgan fingerprint density at radius 2 is 2.08 bits per heavy atom. The molecule has 3 rings (SSSR count). The van der Waals surface area contributed by atoms with E-state index in [1.165, 1.54) is 44.3 Å². The molecule has 1 aliphatic rings. The van der Waals surface area contributed by atoms with Crippen LogP contribution in [0.5, 0.6) is 11.5 Å². The van der Waals surface area contributed by atoms with Gasteiger partial charge in [-0.1, -0.05) is 25.8 Å². The first kappa shape index (κ1) is 19.2. The summed E-state index contributed by atoms with van der Waals surface area (Å²) in [5, 5.41) is 4.51. The number of hydrogen-bond acceptors (Lipinski definition) is 4. The Hall–Kier alpha value is -1.52. The maximum absolute atomic E-state index is 6.19. The van der Waals surface area contributed by atoms with Gasteiger partial charge in [0.05, 0.1) is 13.7 Å². The molecular weight excluding hydrogens is 342 g/mol. The van der Waals surface area contributed by atoms with Crippen LogP contribution < -0.4 is 9.47 Å². The highest BCUT2D eigenvalue weighted by Gasteiger charge is 2.31. The first-order chi connectivity index (χ1) is 12.8. The number of benzene rings is 1. The molecule has 142 valence electrons. The zero-order valence-electron chi connectivity index (χ0n) is 16.0. The molecule has 2 atom stereocenters. The highest BCUT2D eigenvalue weighted by molar-refractivity contribution is 7.07. The van der Waals surface area contributed by atoms with E-state index in [0.717, 1.165) is 24.7 Å². The second-order valence-electron chi connectivity index (χ2n) is 7.21. The van der Waals surface area contributed by atoms with Gasteiger partial charge in [-0.05, 0) is 66.4 Å². The number of piperidine rings is 1. The molecular formula is C22H31NO2S. The highest BCUT2D eigenvalue weighted by atomic mass is 32.1. The van der Waals surface area contributed by atoms with Crippen molar-refractivity contribution in [1.29, 1.82) is 0 Å². The number of methoxy groups -OCH3 is 1. The number of ether oxygens (including phenoxy) is 2. The van der Waals surface area contributed by atoms with E-state index in [-0.39, 0.29) is 0 Å². The predicted octanol–water partition coefficient (Wildman–Crippen LogP) is 5.43. The first-order valence-electron chi connectivity index (χ1n) is 9.81. The fraction of sp³-hybridized carbons (Fsp3) is 0.545. The molecule has 0 aliphatic carbocycles. The predicted molar refractivity (Wildman–Crippen MR) is 110 cm³/mol. The zero-order chi connectivity index (χ0) is 18.2. The Morgan fingerprint density at radius 3 is 2.85 bits per heavy atom. The first-order valence-corrected chi connectivity index (χ1v) is 10.8. The summed E-state index contributed by atoms with van der Waals surface area (Å²) in [6, 6.07) is 10.2. The van der Waals surface area contributed by atoms with Crippen LogP contribution in [0.15, 0.2) is 41.1 Å². The molecule has 0 radical (unpaired) electrons. The standard InChI is InChI=1S/C22H31NO2S/c1-3-4-5-11-23-12-9-22(18-10-13-26-17-18)19(15-23)16-25-21-8-6-7-20(14-21)24-2/h6-8,10,13-14,17,19,22H,3-5,9,11-12,15-16H2,1-2H3. The minimum atomic E-state index is 0.533. The van der Waals surface area contributed by atoms with Gasteiger partial charge >= 0.3 is 0 Å². The Balaban J connectivity index is 1.63. The minimum absolute atomic E-state index is 0.533. The van der Waals surface area contributed by atoms with Gasteiger partial charge in [-0.3, -0.25) is 0 Å². The summed E-state index contributed by atoms with van der Waals surface area (Å²) in [5.74, 6) is 2.89. The van der Waals surface area contributed by atoms with Gasteiger partial charge in [0.25, 0.3) is 0 Å². The fourth-order valence-corrected chi connectivity index (χ4v) is 4.61. The van der Waals surface area contributed by atoms with E-state index in [9.17, 15) is 0 Å². The summed E-state index contributed by atoms with van der Waals surface area (Å²) in [7, 11) is 1.70. The number of thiophene rings is 1. The topological polar surface area (TPSA) is 21.7 Å². The van der Waals surface area contributed by atoms with Gasteiger partial charge in [-0.25, -0.2) is 0 Å². The van der Waals surface area contributed by atoms with Crippen LogP contribution in [-0.2, 0) is 0 Å². The van der Waals surface area contributed by atoms with E-state index >= 15 is 0 Å². The van der Waals surface area contributed by atoms with E-state index in [1.807, 2.05) is 24.3 Å². The molecule has 26 heavy (non-hydrogen) atoms. The molecule has 1 aliphatic heterocycles. The molecule has 2 aromatic rings. The molecule has 1 aromatic carbocycles. The number of unbranched alkanes of at least 4 members (excludes halogenated alkanes) is 2. The monoisotopic (exact) mass is 373 g/mol. The van der Waals surface area contributed by atoms with Crippen molar-refractivity contribution < 1.29 is 9.47 Å². The Bertz CT molecular complexity index is 643. The van der Waals surface area contributed by atoms with Crippen molar-refractivity contribution in [3.63, 3.8) is 0 Å². The average Bonchev–Trinajstić information content (AvgIpc) is 3.21. The lowest BCUT2D eigenvalue weighted by Gasteiger charge is -2.38. The second kappa shape index (κ2) is 9.98. The molecule has 0 amide bonds. The van der Waals surface area contributed by atoms with Gasteiger partial charge in [0.2, 0.25) is 0 Å². The average molecular weight is 374 g/mol. The summed E-state index contributed by atoms with van der Waals surface area (Å²) in [5.41, 5.74) is 1.49. The second-order valence-corrected chi connectivity index (χ2v) is 7.99. The van der Waals surface area contributed by atoms with Crippen molar-refractivity contribution in [3.05, 3.63) is 46.7 Å². The SMILES string of the molecule is CCCCCN1CCC(c2ccsc2)C(COc2cccc(OC)c2)C1. The van der Waals surface area contributed by atoms with Gasteiger partial charge in [-0.2, -0.15) is 11.3 Å².